The van der Waals surface area contributed by atoms with E-state index >= 15 is 0 Å². The number of rotatable bonds is 7. The number of halogens is 1. The lowest BCUT2D eigenvalue weighted by Gasteiger charge is -2.15. The van der Waals surface area contributed by atoms with Crippen molar-refractivity contribution in [3.05, 3.63) is 22.2 Å². The van der Waals surface area contributed by atoms with Crippen LogP contribution in [-0.4, -0.2) is 44.3 Å². The second-order valence-electron chi connectivity index (χ2n) is 4.82. The maximum atomic E-state index is 12.3. The molecule has 3 amide bonds. The van der Waals surface area contributed by atoms with Gasteiger partial charge in [0.25, 0.3) is 5.91 Å². The van der Waals surface area contributed by atoms with Gasteiger partial charge in [0.1, 0.15) is 0 Å². The molecular weight excluding hydrogens is 396 g/mol. The van der Waals surface area contributed by atoms with E-state index in [0.717, 1.165) is 0 Å². The lowest BCUT2D eigenvalue weighted by Crippen LogP contribution is -2.44. The van der Waals surface area contributed by atoms with Crippen molar-refractivity contribution in [3.8, 4) is 11.5 Å². The van der Waals surface area contributed by atoms with Crippen molar-refractivity contribution in [2.45, 2.75) is 26.9 Å². The van der Waals surface area contributed by atoms with Crippen molar-refractivity contribution in [1.29, 1.82) is 0 Å². The Morgan fingerprint density at radius 1 is 1.24 bits per heavy atom. The van der Waals surface area contributed by atoms with Crippen molar-refractivity contribution in [2.75, 3.05) is 20.3 Å². The van der Waals surface area contributed by atoms with Crippen molar-refractivity contribution >= 4 is 33.8 Å². The summed E-state index contributed by atoms with van der Waals surface area (Å²) in [5.41, 5.74) is 0.175. The maximum Gasteiger partial charge on any atom is 0.339 e. The number of carbonyl (C=O) groups is 3. The van der Waals surface area contributed by atoms with Crippen LogP contribution in [0.15, 0.2) is 16.6 Å². The minimum absolute atomic E-state index is 0.175. The largest absolute Gasteiger partial charge is 0.492 e. The molecule has 0 heterocycles. The van der Waals surface area contributed by atoms with Gasteiger partial charge >= 0.3 is 12.0 Å². The third-order valence-corrected chi connectivity index (χ3v) is 3.57. The molecule has 0 aliphatic heterocycles. The number of hydrogen-bond acceptors (Lipinski definition) is 6. The molecule has 0 aliphatic carbocycles. The Morgan fingerprint density at radius 3 is 2.48 bits per heavy atom. The average Bonchev–Trinajstić information content (AvgIpc) is 2.54. The molecular formula is C16H21BrN2O6. The van der Waals surface area contributed by atoms with Crippen LogP contribution in [0.2, 0.25) is 0 Å². The number of hydrogen-bond donors (Lipinski definition) is 2. The highest BCUT2D eigenvalue weighted by Gasteiger charge is 2.22. The lowest BCUT2D eigenvalue weighted by molar-refractivity contribution is -0.127. The van der Waals surface area contributed by atoms with Crippen molar-refractivity contribution in [2.24, 2.45) is 0 Å². The summed E-state index contributed by atoms with van der Waals surface area (Å²) < 4.78 is 16.3. The molecule has 1 aromatic rings. The summed E-state index contributed by atoms with van der Waals surface area (Å²) in [4.78, 5) is 35.4. The van der Waals surface area contributed by atoms with Gasteiger partial charge in [-0.15, -0.1) is 0 Å². The molecule has 1 rings (SSSR count). The molecule has 25 heavy (non-hydrogen) atoms. The first-order chi connectivity index (χ1) is 11.8. The van der Waals surface area contributed by atoms with Crippen LogP contribution in [0.4, 0.5) is 4.79 Å². The first-order valence-electron chi connectivity index (χ1n) is 7.63. The van der Waals surface area contributed by atoms with Crippen LogP contribution < -0.4 is 20.1 Å². The number of carbonyl (C=O) groups excluding carboxylic acids is 3. The standard InChI is InChI=1S/C16H21BrN2O6/c1-5-18-16(22)19-14(20)9(3)25-15(21)10-7-11(17)13(23-4)12(8-10)24-6-2/h7-9H,5-6H2,1-4H3,(H2,18,19,20,22). The maximum absolute atomic E-state index is 12.3. The Kier molecular flexibility index (Phi) is 8.20. The average molecular weight is 417 g/mol. The predicted molar refractivity (Wildman–Crippen MR) is 94.0 cm³/mol. The number of esters is 1. The van der Waals surface area contributed by atoms with Gasteiger partial charge in [0.2, 0.25) is 0 Å². The van der Waals surface area contributed by atoms with Gasteiger partial charge < -0.3 is 19.5 Å². The SMILES string of the molecule is CCNC(=O)NC(=O)C(C)OC(=O)c1cc(Br)c(OC)c(OCC)c1. The van der Waals surface area contributed by atoms with Gasteiger partial charge in [0.15, 0.2) is 17.6 Å². The second kappa shape index (κ2) is 9.87. The summed E-state index contributed by atoms with van der Waals surface area (Å²) in [6.07, 6.45) is -1.15. The third kappa shape index (κ3) is 5.93. The summed E-state index contributed by atoms with van der Waals surface area (Å²) in [7, 11) is 1.48. The zero-order valence-electron chi connectivity index (χ0n) is 14.5. The van der Waals surface area contributed by atoms with E-state index in [1.165, 1.54) is 26.2 Å². The van der Waals surface area contributed by atoms with Crippen LogP contribution in [-0.2, 0) is 9.53 Å². The molecule has 0 saturated carbocycles. The molecule has 0 fully saturated rings. The van der Waals surface area contributed by atoms with E-state index in [4.69, 9.17) is 14.2 Å². The molecule has 8 nitrogen and oxygen atoms in total. The number of methoxy groups -OCH3 is 1. The summed E-state index contributed by atoms with van der Waals surface area (Å²) in [5.74, 6) is -0.647. The van der Waals surface area contributed by atoms with E-state index in [1.54, 1.807) is 13.8 Å². The highest BCUT2D eigenvalue weighted by Crippen LogP contribution is 2.36. The Morgan fingerprint density at radius 2 is 1.92 bits per heavy atom. The van der Waals surface area contributed by atoms with Crippen LogP contribution >= 0.6 is 15.9 Å². The molecule has 0 saturated heterocycles. The van der Waals surface area contributed by atoms with Crippen LogP contribution in [0.5, 0.6) is 11.5 Å². The van der Waals surface area contributed by atoms with E-state index in [9.17, 15) is 14.4 Å². The number of urea groups is 1. The minimum Gasteiger partial charge on any atom is -0.492 e. The lowest BCUT2D eigenvalue weighted by atomic mass is 10.2. The normalized spacial score (nSPS) is 11.2. The smallest absolute Gasteiger partial charge is 0.339 e. The molecule has 1 aromatic carbocycles. The minimum atomic E-state index is -1.15. The molecule has 1 unspecified atom stereocenters. The highest BCUT2D eigenvalue weighted by molar-refractivity contribution is 9.10. The Labute approximate surface area is 154 Å². The zero-order valence-corrected chi connectivity index (χ0v) is 16.1. The van der Waals surface area contributed by atoms with Gasteiger partial charge in [-0.25, -0.2) is 9.59 Å². The summed E-state index contributed by atoms with van der Waals surface area (Å²) >= 11 is 3.30. The fourth-order valence-corrected chi connectivity index (χ4v) is 2.45. The van der Waals surface area contributed by atoms with Crippen LogP contribution in [0.1, 0.15) is 31.1 Å². The molecule has 0 radical (unpaired) electrons. The first kappa shape index (κ1) is 20.8. The monoisotopic (exact) mass is 416 g/mol. The van der Waals surface area contributed by atoms with Crippen molar-refractivity contribution in [1.82, 2.24) is 10.6 Å². The molecule has 0 spiro atoms. The summed E-state index contributed by atoms with van der Waals surface area (Å²) in [6.45, 7) is 5.63. The summed E-state index contributed by atoms with van der Waals surface area (Å²) in [6, 6.07) is 2.31. The number of amides is 3. The van der Waals surface area contributed by atoms with Gasteiger partial charge in [-0.05, 0) is 48.8 Å². The van der Waals surface area contributed by atoms with E-state index in [0.29, 0.717) is 29.1 Å². The van der Waals surface area contributed by atoms with Gasteiger partial charge in [-0.3, -0.25) is 10.1 Å². The second-order valence-corrected chi connectivity index (χ2v) is 5.67. The molecule has 2 N–H and O–H groups in total. The molecule has 1 atom stereocenters. The highest BCUT2D eigenvalue weighted by atomic mass is 79.9. The van der Waals surface area contributed by atoms with Crippen molar-refractivity contribution in [3.63, 3.8) is 0 Å². The van der Waals surface area contributed by atoms with Gasteiger partial charge in [0.05, 0.1) is 23.8 Å². The van der Waals surface area contributed by atoms with Gasteiger partial charge in [0, 0.05) is 6.54 Å². The van der Waals surface area contributed by atoms with Crippen molar-refractivity contribution < 1.29 is 28.6 Å². The zero-order chi connectivity index (χ0) is 19.0. The quantitative estimate of drug-likeness (QED) is 0.660. The molecule has 0 bridgehead atoms. The van der Waals surface area contributed by atoms with Gasteiger partial charge in [-0.2, -0.15) is 0 Å². The van der Waals surface area contributed by atoms with E-state index in [-0.39, 0.29) is 5.56 Å². The van der Waals surface area contributed by atoms with Crippen LogP contribution in [0.3, 0.4) is 0 Å². The number of imide groups is 1. The number of benzene rings is 1. The fourth-order valence-electron chi connectivity index (χ4n) is 1.85. The van der Waals surface area contributed by atoms with Gasteiger partial charge in [-0.1, -0.05) is 0 Å². The Balaban J connectivity index is 2.86. The molecule has 9 heteroatoms. The molecule has 0 aliphatic rings. The Bertz CT molecular complexity index is 650. The van der Waals surface area contributed by atoms with E-state index in [2.05, 4.69) is 26.6 Å². The molecule has 0 aromatic heterocycles. The number of nitrogens with one attached hydrogen (secondary N) is 2. The third-order valence-electron chi connectivity index (χ3n) is 2.98. The van der Waals surface area contributed by atoms with Crippen LogP contribution in [0, 0.1) is 0 Å². The fraction of sp³-hybridized carbons (Fsp3) is 0.438. The molecule has 138 valence electrons. The Hall–Kier alpha value is -2.29. The van der Waals surface area contributed by atoms with Crippen LogP contribution in [0.25, 0.3) is 0 Å². The first-order valence-corrected chi connectivity index (χ1v) is 8.43. The predicted octanol–water partition coefficient (Wildman–Crippen LogP) is 2.25. The van der Waals surface area contributed by atoms with E-state index in [1.807, 2.05) is 0 Å². The summed E-state index contributed by atoms with van der Waals surface area (Å²) in [5, 5.41) is 4.49. The van der Waals surface area contributed by atoms with E-state index < -0.39 is 24.0 Å². The number of ether oxygens (including phenoxy) is 3. The topological polar surface area (TPSA) is 103 Å².